The van der Waals surface area contributed by atoms with Gasteiger partial charge < -0.3 is 10.2 Å². The molecular weight excluding hydrogens is 240 g/mol. The average molecular weight is 260 g/mol. The fraction of sp³-hybridized carbons (Fsp3) is 0.333. The molecule has 18 heavy (non-hydrogen) atoms. The summed E-state index contributed by atoms with van der Waals surface area (Å²) < 4.78 is 0. The molecule has 0 unspecified atom stereocenters. The first-order valence-corrected chi connectivity index (χ1v) is 7.23. The van der Waals surface area contributed by atoms with Gasteiger partial charge in [-0.2, -0.15) is 0 Å². The zero-order valence-electron chi connectivity index (χ0n) is 10.8. The number of nitrogens with zero attached hydrogens (tertiary/aromatic N) is 1. The molecular formula is C15H20N2S. The first-order valence-electron chi connectivity index (χ1n) is 6.35. The van der Waals surface area contributed by atoms with Gasteiger partial charge in [0.25, 0.3) is 0 Å². The molecule has 1 aromatic heterocycles. The largest absolute Gasteiger partial charge is 0.375 e. The van der Waals surface area contributed by atoms with Crippen LogP contribution in [0.5, 0.6) is 0 Å². The van der Waals surface area contributed by atoms with E-state index in [1.165, 1.54) is 10.6 Å². The molecule has 0 fully saturated rings. The van der Waals surface area contributed by atoms with E-state index in [0.29, 0.717) is 0 Å². The molecule has 0 aliphatic rings. The summed E-state index contributed by atoms with van der Waals surface area (Å²) in [5.41, 5.74) is 1.29. The second-order valence-corrected chi connectivity index (χ2v) is 5.40. The average Bonchev–Trinajstić information content (AvgIpc) is 2.92. The Morgan fingerprint density at radius 3 is 2.67 bits per heavy atom. The topological polar surface area (TPSA) is 15.3 Å². The van der Waals surface area contributed by atoms with Crippen LogP contribution < -0.4 is 10.2 Å². The van der Waals surface area contributed by atoms with Crippen molar-refractivity contribution in [3.63, 3.8) is 0 Å². The van der Waals surface area contributed by atoms with Crippen LogP contribution in [0.15, 0.2) is 47.8 Å². The normalized spacial score (nSPS) is 10.5. The minimum atomic E-state index is 0.993. The van der Waals surface area contributed by atoms with Crippen LogP contribution in [0.25, 0.3) is 0 Å². The predicted molar refractivity (Wildman–Crippen MR) is 80.4 cm³/mol. The number of anilines is 1. The van der Waals surface area contributed by atoms with Crippen molar-refractivity contribution in [1.29, 1.82) is 0 Å². The van der Waals surface area contributed by atoms with E-state index < -0.39 is 0 Å². The van der Waals surface area contributed by atoms with E-state index in [1.807, 2.05) is 11.3 Å². The SMILES string of the molecule is CN(CCCNCc1cccs1)c1ccccc1. The number of nitrogens with one attached hydrogen (secondary N) is 1. The Hall–Kier alpha value is -1.32. The molecule has 0 aliphatic heterocycles. The van der Waals surface area contributed by atoms with Crippen LogP contribution in [-0.2, 0) is 6.54 Å². The lowest BCUT2D eigenvalue weighted by molar-refractivity contribution is 0.650. The predicted octanol–water partition coefficient (Wildman–Crippen LogP) is 3.36. The maximum absolute atomic E-state index is 3.48. The molecule has 0 radical (unpaired) electrons. The molecule has 2 aromatic rings. The molecule has 0 atom stereocenters. The van der Waals surface area contributed by atoms with Crippen molar-refractivity contribution in [3.05, 3.63) is 52.7 Å². The molecule has 0 spiro atoms. The quantitative estimate of drug-likeness (QED) is 0.768. The van der Waals surface area contributed by atoms with Crippen LogP contribution >= 0.6 is 11.3 Å². The van der Waals surface area contributed by atoms with Crippen LogP contribution in [0.2, 0.25) is 0 Å². The van der Waals surface area contributed by atoms with E-state index in [-0.39, 0.29) is 0 Å². The number of thiophene rings is 1. The maximum atomic E-state index is 3.48. The van der Waals surface area contributed by atoms with E-state index in [4.69, 9.17) is 0 Å². The Morgan fingerprint density at radius 1 is 1.11 bits per heavy atom. The van der Waals surface area contributed by atoms with Gasteiger partial charge in [-0.3, -0.25) is 0 Å². The van der Waals surface area contributed by atoms with Crippen molar-refractivity contribution < 1.29 is 0 Å². The van der Waals surface area contributed by atoms with E-state index in [0.717, 1.165) is 26.1 Å². The van der Waals surface area contributed by atoms with Gasteiger partial charge in [-0.1, -0.05) is 24.3 Å². The van der Waals surface area contributed by atoms with Gasteiger partial charge in [0.1, 0.15) is 0 Å². The third kappa shape index (κ3) is 4.17. The smallest absolute Gasteiger partial charge is 0.0363 e. The second-order valence-electron chi connectivity index (χ2n) is 4.37. The molecule has 96 valence electrons. The lowest BCUT2D eigenvalue weighted by Gasteiger charge is -2.19. The first-order chi connectivity index (χ1) is 8.86. The van der Waals surface area contributed by atoms with Gasteiger partial charge >= 0.3 is 0 Å². The molecule has 0 aliphatic carbocycles. The number of benzene rings is 1. The van der Waals surface area contributed by atoms with Crippen molar-refractivity contribution in [2.24, 2.45) is 0 Å². The Morgan fingerprint density at radius 2 is 1.94 bits per heavy atom. The summed E-state index contributed by atoms with van der Waals surface area (Å²) in [6.07, 6.45) is 1.16. The molecule has 1 N–H and O–H groups in total. The van der Waals surface area contributed by atoms with Gasteiger partial charge in [-0.05, 0) is 36.5 Å². The second kappa shape index (κ2) is 7.19. The highest BCUT2D eigenvalue weighted by Gasteiger charge is 1.99. The summed E-state index contributed by atoms with van der Waals surface area (Å²) in [6.45, 7) is 3.14. The molecule has 1 heterocycles. The van der Waals surface area contributed by atoms with Gasteiger partial charge in [0.05, 0.1) is 0 Å². The summed E-state index contributed by atoms with van der Waals surface area (Å²) >= 11 is 1.81. The zero-order chi connectivity index (χ0) is 12.6. The molecule has 1 aromatic carbocycles. The van der Waals surface area contributed by atoms with Gasteiger partial charge in [-0.15, -0.1) is 11.3 Å². The standard InChI is InChI=1S/C15H20N2S/c1-17(14-7-3-2-4-8-14)11-6-10-16-13-15-9-5-12-18-15/h2-5,7-9,12,16H,6,10-11,13H2,1H3. The zero-order valence-corrected chi connectivity index (χ0v) is 11.6. The van der Waals surface area contributed by atoms with E-state index in [9.17, 15) is 0 Å². The lowest BCUT2D eigenvalue weighted by Crippen LogP contribution is -2.23. The van der Waals surface area contributed by atoms with Crippen LogP contribution in [0.1, 0.15) is 11.3 Å². The monoisotopic (exact) mass is 260 g/mol. The minimum absolute atomic E-state index is 0.993. The highest BCUT2D eigenvalue weighted by molar-refractivity contribution is 7.09. The summed E-state index contributed by atoms with van der Waals surface area (Å²) in [7, 11) is 2.15. The summed E-state index contributed by atoms with van der Waals surface area (Å²) in [5, 5.41) is 5.60. The van der Waals surface area contributed by atoms with Crippen LogP contribution in [-0.4, -0.2) is 20.1 Å². The molecule has 2 rings (SSSR count). The van der Waals surface area contributed by atoms with E-state index in [1.54, 1.807) is 0 Å². The van der Waals surface area contributed by atoms with E-state index in [2.05, 4.69) is 65.1 Å². The third-order valence-corrected chi connectivity index (χ3v) is 3.80. The highest BCUT2D eigenvalue weighted by Crippen LogP contribution is 2.11. The lowest BCUT2D eigenvalue weighted by atomic mass is 10.3. The summed E-state index contributed by atoms with van der Waals surface area (Å²) in [4.78, 5) is 3.71. The number of para-hydroxylation sites is 1. The highest BCUT2D eigenvalue weighted by atomic mass is 32.1. The summed E-state index contributed by atoms with van der Waals surface area (Å²) in [6, 6.07) is 14.8. The molecule has 0 saturated carbocycles. The van der Waals surface area contributed by atoms with Crippen molar-refractivity contribution in [3.8, 4) is 0 Å². The number of rotatable bonds is 7. The molecule has 2 nitrogen and oxygen atoms in total. The Bertz CT molecular complexity index is 425. The molecule has 3 heteroatoms. The Labute approximate surface area is 113 Å². The fourth-order valence-electron chi connectivity index (χ4n) is 1.88. The van der Waals surface area contributed by atoms with Crippen molar-refractivity contribution in [2.75, 3.05) is 25.0 Å². The minimum Gasteiger partial charge on any atom is -0.375 e. The fourth-order valence-corrected chi connectivity index (χ4v) is 2.55. The van der Waals surface area contributed by atoms with Gasteiger partial charge in [-0.25, -0.2) is 0 Å². The van der Waals surface area contributed by atoms with Gasteiger partial charge in [0, 0.05) is 30.7 Å². The molecule has 0 saturated heterocycles. The first kappa shape index (κ1) is 13.1. The van der Waals surface area contributed by atoms with Crippen LogP contribution in [0, 0.1) is 0 Å². The van der Waals surface area contributed by atoms with E-state index >= 15 is 0 Å². The number of hydrogen-bond acceptors (Lipinski definition) is 3. The van der Waals surface area contributed by atoms with Crippen LogP contribution in [0.4, 0.5) is 5.69 Å². The van der Waals surface area contributed by atoms with Gasteiger partial charge in [0.15, 0.2) is 0 Å². The number of hydrogen-bond donors (Lipinski definition) is 1. The van der Waals surface area contributed by atoms with Crippen molar-refractivity contribution in [1.82, 2.24) is 5.32 Å². The molecule has 0 amide bonds. The Balaban J connectivity index is 1.61. The van der Waals surface area contributed by atoms with Gasteiger partial charge in [0.2, 0.25) is 0 Å². The molecule has 0 bridgehead atoms. The Kier molecular flexibility index (Phi) is 5.24. The third-order valence-electron chi connectivity index (χ3n) is 2.92. The summed E-state index contributed by atoms with van der Waals surface area (Å²) in [5.74, 6) is 0. The van der Waals surface area contributed by atoms with Crippen molar-refractivity contribution >= 4 is 17.0 Å². The van der Waals surface area contributed by atoms with Crippen LogP contribution in [0.3, 0.4) is 0 Å². The maximum Gasteiger partial charge on any atom is 0.0363 e. The van der Waals surface area contributed by atoms with Crippen molar-refractivity contribution in [2.45, 2.75) is 13.0 Å².